The average Bonchev–Trinajstić information content (AvgIpc) is 2.91. The third-order valence-electron chi connectivity index (χ3n) is 3.55. The van der Waals surface area contributed by atoms with E-state index in [4.69, 9.17) is 9.84 Å². The minimum absolute atomic E-state index is 0.00751. The summed E-state index contributed by atoms with van der Waals surface area (Å²) in [6.45, 7) is 2.17. The van der Waals surface area contributed by atoms with E-state index in [1.807, 2.05) is 6.92 Å². The Morgan fingerprint density at radius 3 is 2.81 bits per heavy atom. The summed E-state index contributed by atoms with van der Waals surface area (Å²) in [4.78, 5) is 0.128. The molecule has 1 fully saturated rings. The first-order valence-corrected chi connectivity index (χ1v) is 8.24. The zero-order chi connectivity index (χ0) is 15.5. The molecule has 0 bridgehead atoms. The second kappa shape index (κ2) is 6.48. The minimum Gasteiger partial charge on any atom is -0.495 e. The van der Waals surface area contributed by atoms with Crippen molar-refractivity contribution in [3.05, 3.63) is 23.8 Å². The Morgan fingerprint density at radius 2 is 2.24 bits per heavy atom. The highest BCUT2D eigenvalue weighted by Gasteiger charge is 2.34. The number of aliphatic hydroxyl groups is 1. The van der Waals surface area contributed by atoms with Crippen molar-refractivity contribution in [2.75, 3.05) is 20.3 Å². The Morgan fingerprint density at radius 1 is 1.48 bits per heavy atom. The fraction of sp³-hybridized carbons (Fsp3) is 0.467. The van der Waals surface area contributed by atoms with Gasteiger partial charge in [0.15, 0.2) is 0 Å². The van der Waals surface area contributed by atoms with Crippen LogP contribution in [0.1, 0.15) is 25.3 Å². The molecule has 1 saturated heterocycles. The lowest BCUT2D eigenvalue weighted by molar-refractivity contribution is 0.350. The van der Waals surface area contributed by atoms with Gasteiger partial charge in [0.2, 0.25) is 10.0 Å². The SMILES string of the molecule is COc1ccc(C#CCO)cc1S(=O)(=O)N1CCCC1C. The molecule has 1 unspecified atom stereocenters. The largest absolute Gasteiger partial charge is 0.495 e. The summed E-state index contributed by atoms with van der Waals surface area (Å²) in [5.41, 5.74) is 0.537. The number of rotatable bonds is 3. The molecule has 1 aliphatic heterocycles. The summed E-state index contributed by atoms with van der Waals surface area (Å²) in [6, 6.07) is 4.76. The van der Waals surface area contributed by atoms with Crippen LogP contribution in [0.2, 0.25) is 0 Å². The summed E-state index contributed by atoms with van der Waals surface area (Å²) in [5.74, 6) is 5.55. The molecule has 0 amide bonds. The predicted molar refractivity (Wildman–Crippen MR) is 79.5 cm³/mol. The van der Waals surface area contributed by atoms with E-state index in [0.717, 1.165) is 12.8 Å². The molecule has 114 valence electrons. The first-order valence-electron chi connectivity index (χ1n) is 6.80. The zero-order valence-corrected chi connectivity index (χ0v) is 13.0. The molecule has 1 atom stereocenters. The van der Waals surface area contributed by atoms with Crippen LogP contribution in [-0.4, -0.2) is 44.1 Å². The average molecular weight is 309 g/mol. The number of methoxy groups -OCH3 is 1. The maximum Gasteiger partial charge on any atom is 0.247 e. The van der Waals surface area contributed by atoms with Gasteiger partial charge in [0.25, 0.3) is 0 Å². The predicted octanol–water partition coefficient (Wildman–Crippen LogP) is 1.21. The number of benzene rings is 1. The highest BCUT2D eigenvalue weighted by atomic mass is 32.2. The normalized spacial score (nSPS) is 19.1. The molecular formula is C15H19NO4S. The summed E-state index contributed by atoms with van der Waals surface area (Å²) < 4.78 is 32.3. The van der Waals surface area contributed by atoms with E-state index in [9.17, 15) is 8.42 Å². The molecule has 1 N–H and O–H groups in total. The Balaban J connectivity index is 2.49. The summed E-state index contributed by atoms with van der Waals surface area (Å²) >= 11 is 0. The highest BCUT2D eigenvalue weighted by molar-refractivity contribution is 7.89. The number of hydrogen-bond donors (Lipinski definition) is 1. The fourth-order valence-electron chi connectivity index (χ4n) is 2.49. The van der Waals surface area contributed by atoms with Crippen LogP contribution in [-0.2, 0) is 10.0 Å². The Labute approximate surface area is 125 Å². The molecule has 1 heterocycles. The standard InChI is InChI=1S/C15H19NO4S/c1-12-5-3-9-16(12)21(18,19)15-11-13(6-4-10-17)7-8-14(15)20-2/h7-8,11-12,17H,3,5,9-10H2,1-2H3. The topological polar surface area (TPSA) is 66.8 Å². The van der Waals surface area contributed by atoms with Crippen LogP contribution in [0.4, 0.5) is 0 Å². The van der Waals surface area contributed by atoms with E-state index >= 15 is 0 Å². The number of ether oxygens (including phenoxy) is 1. The molecule has 6 heteroatoms. The third-order valence-corrected chi connectivity index (χ3v) is 5.59. The summed E-state index contributed by atoms with van der Waals surface area (Å²) in [7, 11) is -2.15. The number of nitrogens with zero attached hydrogens (tertiary/aromatic N) is 1. The van der Waals surface area contributed by atoms with E-state index < -0.39 is 10.0 Å². The molecule has 5 nitrogen and oxygen atoms in total. The van der Waals surface area contributed by atoms with Gasteiger partial charge in [-0.25, -0.2) is 8.42 Å². The van der Waals surface area contributed by atoms with Crippen molar-refractivity contribution in [1.29, 1.82) is 0 Å². The van der Waals surface area contributed by atoms with Crippen molar-refractivity contribution in [3.8, 4) is 17.6 Å². The van der Waals surface area contributed by atoms with Gasteiger partial charge in [0.1, 0.15) is 17.3 Å². The Bertz CT molecular complexity index is 673. The lowest BCUT2D eigenvalue weighted by atomic mass is 10.2. The zero-order valence-electron chi connectivity index (χ0n) is 12.2. The van der Waals surface area contributed by atoms with E-state index in [0.29, 0.717) is 17.9 Å². The molecular weight excluding hydrogens is 290 g/mol. The van der Waals surface area contributed by atoms with Gasteiger partial charge in [-0.15, -0.1) is 0 Å². The lowest BCUT2D eigenvalue weighted by Gasteiger charge is -2.22. The van der Waals surface area contributed by atoms with Gasteiger partial charge in [0.05, 0.1) is 7.11 Å². The molecule has 0 spiro atoms. The maximum atomic E-state index is 12.8. The van der Waals surface area contributed by atoms with E-state index in [2.05, 4.69) is 11.8 Å². The van der Waals surface area contributed by atoms with Gasteiger partial charge >= 0.3 is 0 Å². The van der Waals surface area contributed by atoms with Gasteiger partial charge in [-0.1, -0.05) is 11.8 Å². The van der Waals surface area contributed by atoms with Gasteiger partial charge in [-0.05, 0) is 38.0 Å². The molecule has 0 aliphatic carbocycles. The van der Waals surface area contributed by atoms with Crippen LogP contribution in [0.25, 0.3) is 0 Å². The van der Waals surface area contributed by atoms with Crippen LogP contribution in [0, 0.1) is 11.8 Å². The van der Waals surface area contributed by atoms with Crippen LogP contribution < -0.4 is 4.74 Å². The third kappa shape index (κ3) is 3.21. The van der Waals surface area contributed by atoms with Gasteiger partial charge in [-0.2, -0.15) is 4.31 Å². The second-order valence-electron chi connectivity index (χ2n) is 4.93. The van der Waals surface area contributed by atoms with Crippen molar-refractivity contribution < 1.29 is 18.3 Å². The number of sulfonamides is 1. The molecule has 0 aromatic heterocycles. The molecule has 2 rings (SSSR count). The van der Waals surface area contributed by atoms with Crippen LogP contribution in [0.15, 0.2) is 23.1 Å². The van der Waals surface area contributed by atoms with Crippen LogP contribution >= 0.6 is 0 Å². The van der Waals surface area contributed by atoms with Crippen molar-refractivity contribution in [1.82, 2.24) is 4.31 Å². The van der Waals surface area contributed by atoms with Crippen molar-refractivity contribution in [2.45, 2.75) is 30.7 Å². The fourth-order valence-corrected chi connectivity index (χ4v) is 4.37. The monoisotopic (exact) mass is 309 g/mol. The van der Waals surface area contributed by atoms with Gasteiger partial charge in [-0.3, -0.25) is 0 Å². The first kappa shape index (κ1) is 15.8. The summed E-state index contributed by atoms with van der Waals surface area (Å²) in [6.07, 6.45) is 1.73. The van der Waals surface area contributed by atoms with Gasteiger partial charge in [0, 0.05) is 18.2 Å². The van der Waals surface area contributed by atoms with E-state index in [1.54, 1.807) is 12.1 Å². The van der Waals surface area contributed by atoms with Crippen LogP contribution in [0.3, 0.4) is 0 Å². The minimum atomic E-state index is -3.60. The van der Waals surface area contributed by atoms with Gasteiger partial charge < -0.3 is 9.84 Å². The van der Waals surface area contributed by atoms with E-state index in [1.165, 1.54) is 17.5 Å². The smallest absolute Gasteiger partial charge is 0.247 e. The molecule has 1 aliphatic rings. The quantitative estimate of drug-likeness (QED) is 0.852. The first-order chi connectivity index (χ1) is 10.0. The van der Waals surface area contributed by atoms with Crippen molar-refractivity contribution in [3.63, 3.8) is 0 Å². The molecule has 0 saturated carbocycles. The molecule has 21 heavy (non-hydrogen) atoms. The lowest BCUT2D eigenvalue weighted by Crippen LogP contribution is -2.33. The number of hydrogen-bond acceptors (Lipinski definition) is 4. The van der Waals surface area contributed by atoms with Crippen LogP contribution in [0.5, 0.6) is 5.75 Å². The number of aliphatic hydroxyl groups excluding tert-OH is 1. The maximum absolute atomic E-state index is 12.8. The second-order valence-corrected chi connectivity index (χ2v) is 6.79. The molecule has 1 aromatic rings. The molecule has 0 radical (unpaired) electrons. The van der Waals surface area contributed by atoms with Crippen molar-refractivity contribution in [2.24, 2.45) is 0 Å². The Kier molecular flexibility index (Phi) is 4.88. The van der Waals surface area contributed by atoms with Crippen molar-refractivity contribution >= 4 is 10.0 Å². The molecule has 1 aromatic carbocycles. The summed E-state index contributed by atoms with van der Waals surface area (Å²) in [5, 5.41) is 8.74. The highest BCUT2D eigenvalue weighted by Crippen LogP contribution is 2.31. The Hall–Kier alpha value is -1.55. The van der Waals surface area contributed by atoms with E-state index in [-0.39, 0.29) is 17.5 Å².